The quantitative estimate of drug-likeness (QED) is 0.534. The molecule has 27 heavy (non-hydrogen) atoms. The van der Waals surface area contributed by atoms with E-state index in [0.717, 1.165) is 51.9 Å². The lowest BCUT2D eigenvalue weighted by Crippen LogP contribution is -2.53. The van der Waals surface area contributed by atoms with Crippen molar-refractivity contribution in [1.82, 2.24) is 15.2 Å². The summed E-state index contributed by atoms with van der Waals surface area (Å²) in [4.78, 5) is 24.5. The average Bonchev–Trinajstić information content (AvgIpc) is 3.07. The van der Waals surface area contributed by atoms with Gasteiger partial charge in [-0.05, 0) is 25.7 Å². The molecule has 0 bridgehead atoms. The zero-order valence-electron chi connectivity index (χ0n) is 14.9. The molecule has 0 aromatic rings. The highest BCUT2D eigenvalue weighted by Crippen LogP contribution is 2.35. The minimum Gasteiger partial charge on any atom is -0.480 e. The Labute approximate surface area is 175 Å². The second-order valence-electron chi connectivity index (χ2n) is 6.51. The van der Waals surface area contributed by atoms with Gasteiger partial charge in [-0.25, -0.2) is 4.79 Å². The fourth-order valence-electron chi connectivity index (χ4n) is 3.51. The van der Waals surface area contributed by atoms with Crippen molar-refractivity contribution in [3.63, 3.8) is 0 Å². The first kappa shape index (κ1) is 24.3. The standard InChI is InChI=1S/C15H25N5O4S.2ClH/c16-13(23)14-18-20(15(25-14)19-7-5-17-6-8-19)10-1-3-11(4-2-10)24-9-12(21)22;;/h10-11,15,17H,1-9H2,(H2,16,23)(H,21,22);2*1H. The van der Waals surface area contributed by atoms with Crippen molar-refractivity contribution >= 4 is 53.5 Å². The van der Waals surface area contributed by atoms with Gasteiger partial charge in [0.1, 0.15) is 6.61 Å². The molecule has 0 aromatic carbocycles. The van der Waals surface area contributed by atoms with Gasteiger partial charge >= 0.3 is 5.97 Å². The normalized spacial score (nSPS) is 28.7. The molecule has 1 aliphatic carbocycles. The predicted molar refractivity (Wildman–Crippen MR) is 108 cm³/mol. The number of piperazine rings is 1. The minimum absolute atomic E-state index is 0. The Morgan fingerprint density at radius 3 is 2.41 bits per heavy atom. The van der Waals surface area contributed by atoms with E-state index in [1.54, 1.807) is 0 Å². The minimum atomic E-state index is -0.937. The van der Waals surface area contributed by atoms with Crippen LogP contribution in [0.3, 0.4) is 0 Å². The van der Waals surface area contributed by atoms with Crippen LogP contribution in [0.5, 0.6) is 0 Å². The van der Waals surface area contributed by atoms with E-state index >= 15 is 0 Å². The maximum Gasteiger partial charge on any atom is 0.329 e. The van der Waals surface area contributed by atoms with Crippen molar-refractivity contribution in [2.45, 2.75) is 43.3 Å². The third kappa shape index (κ3) is 6.37. The summed E-state index contributed by atoms with van der Waals surface area (Å²) >= 11 is 1.43. The molecular weight excluding hydrogens is 417 g/mol. The number of primary amides is 1. The van der Waals surface area contributed by atoms with Crippen LogP contribution in [0, 0.1) is 0 Å². The maximum atomic E-state index is 11.6. The number of carboxylic acid groups (broad SMARTS) is 1. The van der Waals surface area contributed by atoms with Crippen LogP contribution in [-0.2, 0) is 14.3 Å². The zero-order chi connectivity index (χ0) is 17.8. The lowest BCUT2D eigenvalue weighted by Gasteiger charge is -2.41. The first-order valence-corrected chi connectivity index (χ1v) is 9.54. The first-order valence-electron chi connectivity index (χ1n) is 8.66. The van der Waals surface area contributed by atoms with Gasteiger partial charge in [-0.15, -0.1) is 24.8 Å². The van der Waals surface area contributed by atoms with Crippen molar-refractivity contribution in [3.05, 3.63) is 0 Å². The van der Waals surface area contributed by atoms with Gasteiger partial charge in [0.05, 0.1) is 12.1 Å². The van der Waals surface area contributed by atoms with Crippen LogP contribution < -0.4 is 11.1 Å². The average molecular weight is 444 g/mol. The number of carboxylic acids is 1. The highest BCUT2D eigenvalue weighted by atomic mass is 35.5. The topological polar surface area (TPSA) is 120 Å². The SMILES string of the molecule is Cl.Cl.NC(=O)C1=NN(C2CCC(OCC(=O)O)CC2)C(N2CCNCC2)S1. The predicted octanol–water partition coefficient (Wildman–Crippen LogP) is 0.279. The number of amides is 1. The van der Waals surface area contributed by atoms with Crippen LogP contribution >= 0.6 is 36.6 Å². The molecule has 12 heteroatoms. The zero-order valence-corrected chi connectivity index (χ0v) is 17.4. The molecule has 0 aromatic heterocycles. The molecule has 2 aliphatic heterocycles. The molecule has 1 atom stereocenters. The van der Waals surface area contributed by atoms with E-state index in [4.69, 9.17) is 15.6 Å². The highest BCUT2D eigenvalue weighted by molar-refractivity contribution is 8.16. The van der Waals surface area contributed by atoms with Crippen LogP contribution in [-0.4, -0.2) is 82.4 Å². The Morgan fingerprint density at radius 2 is 1.85 bits per heavy atom. The summed E-state index contributed by atoms with van der Waals surface area (Å²) in [7, 11) is 0. The lowest BCUT2D eigenvalue weighted by molar-refractivity contribution is -0.145. The summed E-state index contributed by atoms with van der Waals surface area (Å²) in [6.45, 7) is 3.42. The highest BCUT2D eigenvalue weighted by Gasteiger charge is 2.40. The fraction of sp³-hybridized carbons (Fsp3) is 0.800. The van der Waals surface area contributed by atoms with Crippen molar-refractivity contribution < 1.29 is 19.4 Å². The number of halogens is 2. The number of ether oxygens (including phenoxy) is 1. The second-order valence-corrected chi connectivity index (χ2v) is 7.56. The summed E-state index contributed by atoms with van der Waals surface area (Å²) in [5.41, 5.74) is 5.45. The van der Waals surface area contributed by atoms with Gasteiger partial charge in [-0.1, -0.05) is 11.8 Å². The summed E-state index contributed by atoms with van der Waals surface area (Å²) in [5, 5.41) is 19.0. The van der Waals surface area contributed by atoms with Crippen molar-refractivity contribution in [2.75, 3.05) is 32.8 Å². The van der Waals surface area contributed by atoms with E-state index in [2.05, 4.69) is 15.3 Å². The molecule has 1 unspecified atom stereocenters. The monoisotopic (exact) mass is 443 g/mol. The third-order valence-electron chi connectivity index (χ3n) is 4.78. The Morgan fingerprint density at radius 1 is 1.22 bits per heavy atom. The van der Waals surface area contributed by atoms with Gasteiger partial charge in [-0.3, -0.25) is 14.7 Å². The number of carbonyl (C=O) groups is 2. The van der Waals surface area contributed by atoms with Gasteiger partial charge in [0, 0.05) is 26.2 Å². The van der Waals surface area contributed by atoms with Crippen LogP contribution in [0.15, 0.2) is 5.10 Å². The molecule has 0 spiro atoms. The maximum absolute atomic E-state index is 11.6. The smallest absolute Gasteiger partial charge is 0.329 e. The largest absolute Gasteiger partial charge is 0.480 e. The molecule has 1 saturated heterocycles. The molecule has 2 fully saturated rings. The second kappa shape index (κ2) is 11.3. The summed E-state index contributed by atoms with van der Waals surface area (Å²) in [6, 6.07) is 0.217. The lowest BCUT2D eigenvalue weighted by atomic mass is 9.92. The molecule has 9 nitrogen and oxygen atoms in total. The number of nitrogens with one attached hydrogen (secondary N) is 1. The Balaban J connectivity index is 0.00000182. The Bertz CT molecular complexity index is 542. The molecular formula is C15H27Cl2N5O4S. The molecule has 3 rings (SSSR count). The molecule has 4 N–H and O–H groups in total. The van der Waals surface area contributed by atoms with Gasteiger partial charge in [0.25, 0.3) is 5.91 Å². The number of rotatable bonds is 6. The van der Waals surface area contributed by atoms with Crippen LogP contribution in [0.2, 0.25) is 0 Å². The number of hydrogen-bond acceptors (Lipinski definition) is 8. The molecule has 3 aliphatic rings. The summed E-state index contributed by atoms with van der Waals surface area (Å²) in [6.07, 6.45) is 3.31. The summed E-state index contributed by atoms with van der Waals surface area (Å²) < 4.78 is 5.41. The van der Waals surface area contributed by atoms with E-state index in [0.29, 0.717) is 5.04 Å². The van der Waals surface area contributed by atoms with E-state index in [9.17, 15) is 9.59 Å². The molecule has 1 amide bonds. The molecule has 2 heterocycles. The van der Waals surface area contributed by atoms with E-state index in [-0.39, 0.29) is 49.1 Å². The van der Waals surface area contributed by atoms with Crippen LogP contribution in [0.1, 0.15) is 25.7 Å². The van der Waals surface area contributed by atoms with Gasteiger partial charge in [0.15, 0.2) is 10.5 Å². The first-order chi connectivity index (χ1) is 12.0. The van der Waals surface area contributed by atoms with Crippen LogP contribution in [0.25, 0.3) is 0 Å². The number of thioether (sulfide) groups is 1. The number of hydrazone groups is 1. The number of carbonyl (C=O) groups excluding carboxylic acids is 1. The third-order valence-corrected chi connectivity index (χ3v) is 6.02. The number of hydrogen-bond donors (Lipinski definition) is 3. The molecule has 1 saturated carbocycles. The van der Waals surface area contributed by atoms with E-state index in [1.165, 1.54) is 11.8 Å². The van der Waals surface area contributed by atoms with Gasteiger partial charge < -0.3 is 20.9 Å². The number of nitrogens with zero attached hydrogens (tertiary/aromatic N) is 3. The Hall–Kier alpha value is -0.780. The fourth-order valence-corrected chi connectivity index (χ4v) is 4.66. The number of aliphatic carboxylic acids is 1. The van der Waals surface area contributed by atoms with Gasteiger partial charge in [-0.2, -0.15) is 5.10 Å². The summed E-state index contributed by atoms with van der Waals surface area (Å²) in [5.74, 6) is -1.42. The molecule has 0 radical (unpaired) electrons. The number of nitrogens with two attached hydrogens (primary N) is 1. The van der Waals surface area contributed by atoms with Crippen molar-refractivity contribution in [1.29, 1.82) is 0 Å². The van der Waals surface area contributed by atoms with Crippen molar-refractivity contribution in [3.8, 4) is 0 Å². The van der Waals surface area contributed by atoms with Crippen molar-refractivity contribution in [2.24, 2.45) is 10.8 Å². The Kier molecular flexibility index (Phi) is 10.1. The van der Waals surface area contributed by atoms with Crippen LogP contribution in [0.4, 0.5) is 0 Å². The molecule has 156 valence electrons. The van der Waals surface area contributed by atoms with E-state index in [1.807, 2.05) is 5.01 Å². The van der Waals surface area contributed by atoms with E-state index < -0.39 is 11.9 Å². The van der Waals surface area contributed by atoms with Gasteiger partial charge in [0.2, 0.25) is 0 Å².